The molecule has 7 heteroatoms. The number of carbonyl (C=O) groups excluding carboxylic acids is 3. The second kappa shape index (κ2) is 8.73. The van der Waals surface area contributed by atoms with Crippen molar-refractivity contribution in [2.75, 3.05) is 19.6 Å². The van der Waals surface area contributed by atoms with Crippen LogP contribution < -0.4 is 16.4 Å². The largest absolute Gasteiger partial charge is 0.355 e. The highest BCUT2D eigenvalue weighted by Crippen LogP contribution is 2.17. The number of carbonyl (C=O) groups is 3. The van der Waals surface area contributed by atoms with Gasteiger partial charge in [-0.1, -0.05) is 13.8 Å². The molecule has 1 aliphatic rings. The number of nitrogens with two attached hydrogens (primary N) is 1. The lowest BCUT2D eigenvalue weighted by atomic mass is 10.0. The van der Waals surface area contributed by atoms with Crippen molar-refractivity contribution in [1.29, 1.82) is 0 Å². The quantitative estimate of drug-likeness (QED) is 0.595. The molecule has 0 saturated carbocycles. The standard InChI is InChI=1S/C15H28N4O3/c1-4-17-15(22)12-6-5-7-19(12)13(20)9-18-14(21)11(16)8-10(2)3/h10-12H,4-9,16H2,1-3H3,(H,17,22)(H,18,21). The van der Waals surface area contributed by atoms with Crippen LogP contribution in [0.3, 0.4) is 0 Å². The van der Waals surface area contributed by atoms with Gasteiger partial charge in [0.2, 0.25) is 17.7 Å². The third-order valence-corrected chi connectivity index (χ3v) is 3.70. The van der Waals surface area contributed by atoms with Crippen LogP contribution in [0.25, 0.3) is 0 Å². The molecule has 0 radical (unpaired) electrons. The predicted molar refractivity (Wildman–Crippen MR) is 83.9 cm³/mol. The average Bonchev–Trinajstić information content (AvgIpc) is 2.93. The summed E-state index contributed by atoms with van der Waals surface area (Å²) in [5.74, 6) is -0.372. The Balaban J connectivity index is 2.47. The molecule has 0 aromatic heterocycles. The zero-order valence-electron chi connectivity index (χ0n) is 13.7. The van der Waals surface area contributed by atoms with Crippen molar-refractivity contribution in [3.05, 3.63) is 0 Å². The Kier molecular flexibility index (Phi) is 7.31. The molecule has 0 aliphatic carbocycles. The van der Waals surface area contributed by atoms with Gasteiger partial charge in [0.1, 0.15) is 6.04 Å². The van der Waals surface area contributed by atoms with Crippen molar-refractivity contribution in [2.24, 2.45) is 11.7 Å². The molecule has 3 amide bonds. The molecule has 1 aliphatic heterocycles. The minimum absolute atomic E-state index is 0.111. The van der Waals surface area contributed by atoms with Crippen LogP contribution in [0, 0.1) is 5.92 Å². The highest BCUT2D eigenvalue weighted by atomic mass is 16.2. The first kappa shape index (κ1) is 18.4. The van der Waals surface area contributed by atoms with Crippen LogP contribution in [-0.2, 0) is 14.4 Å². The second-order valence-corrected chi connectivity index (χ2v) is 6.09. The third-order valence-electron chi connectivity index (χ3n) is 3.70. The molecule has 2 atom stereocenters. The van der Waals surface area contributed by atoms with E-state index < -0.39 is 12.1 Å². The summed E-state index contributed by atoms with van der Waals surface area (Å²) in [6.45, 7) is 6.79. The van der Waals surface area contributed by atoms with Crippen molar-refractivity contribution in [3.63, 3.8) is 0 Å². The number of amides is 3. The first-order valence-corrected chi connectivity index (χ1v) is 7.97. The van der Waals surface area contributed by atoms with Crippen molar-refractivity contribution >= 4 is 17.7 Å². The van der Waals surface area contributed by atoms with E-state index in [1.54, 1.807) is 4.90 Å². The van der Waals surface area contributed by atoms with Gasteiger partial charge in [0, 0.05) is 13.1 Å². The molecule has 0 aromatic carbocycles. The maximum absolute atomic E-state index is 12.2. The topological polar surface area (TPSA) is 105 Å². The molecular weight excluding hydrogens is 284 g/mol. The average molecular weight is 312 g/mol. The summed E-state index contributed by atoms with van der Waals surface area (Å²) in [6, 6.07) is -1.03. The van der Waals surface area contributed by atoms with Crippen LogP contribution in [0.4, 0.5) is 0 Å². The summed E-state index contributed by atoms with van der Waals surface area (Å²) in [4.78, 5) is 37.5. The zero-order chi connectivity index (χ0) is 16.7. The molecule has 7 nitrogen and oxygen atoms in total. The Morgan fingerprint density at radius 1 is 1.27 bits per heavy atom. The molecule has 1 heterocycles. The Morgan fingerprint density at radius 3 is 2.55 bits per heavy atom. The van der Waals surface area contributed by atoms with Crippen LogP contribution >= 0.6 is 0 Å². The normalized spacial score (nSPS) is 19.1. The molecule has 0 bridgehead atoms. The lowest BCUT2D eigenvalue weighted by molar-refractivity contribution is -0.138. The zero-order valence-corrected chi connectivity index (χ0v) is 13.7. The van der Waals surface area contributed by atoms with E-state index in [1.807, 2.05) is 20.8 Å². The van der Waals surface area contributed by atoms with Crippen LogP contribution in [0.5, 0.6) is 0 Å². The van der Waals surface area contributed by atoms with Crippen LogP contribution in [0.1, 0.15) is 40.0 Å². The minimum Gasteiger partial charge on any atom is -0.355 e. The summed E-state index contributed by atoms with van der Waals surface area (Å²) in [5.41, 5.74) is 5.77. The fourth-order valence-electron chi connectivity index (χ4n) is 2.64. The molecule has 1 saturated heterocycles. The predicted octanol–water partition coefficient (Wildman–Crippen LogP) is -0.397. The summed E-state index contributed by atoms with van der Waals surface area (Å²) < 4.78 is 0. The summed E-state index contributed by atoms with van der Waals surface area (Å²) in [5, 5.41) is 5.31. The Morgan fingerprint density at radius 2 is 1.95 bits per heavy atom. The molecule has 0 aromatic rings. The molecule has 0 spiro atoms. The van der Waals surface area contributed by atoms with Crippen molar-refractivity contribution in [3.8, 4) is 0 Å². The monoisotopic (exact) mass is 312 g/mol. The highest BCUT2D eigenvalue weighted by Gasteiger charge is 2.33. The van der Waals surface area contributed by atoms with Gasteiger partial charge in [-0.3, -0.25) is 14.4 Å². The van der Waals surface area contributed by atoms with Gasteiger partial charge < -0.3 is 21.3 Å². The fourth-order valence-corrected chi connectivity index (χ4v) is 2.64. The van der Waals surface area contributed by atoms with E-state index in [2.05, 4.69) is 10.6 Å². The number of nitrogens with zero attached hydrogens (tertiary/aromatic N) is 1. The maximum Gasteiger partial charge on any atom is 0.242 e. The van der Waals surface area contributed by atoms with Crippen molar-refractivity contribution < 1.29 is 14.4 Å². The molecule has 1 rings (SSSR count). The van der Waals surface area contributed by atoms with Gasteiger partial charge in [-0.25, -0.2) is 0 Å². The summed E-state index contributed by atoms with van der Waals surface area (Å²) in [6.07, 6.45) is 2.04. The number of hydrogen-bond acceptors (Lipinski definition) is 4. The number of hydrogen-bond donors (Lipinski definition) is 3. The number of likely N-dealkylation sites (N-methyl/N-ethyl adjacent to an activating group) is 1. The first-order chi connectivity index (χ1) is 10.4. The second-order valence-electron chi connectivity index (χ2n) is 6.09. The van der Waals surface area contributed by atoms with E-state index >= 15 is 0 Å². The minimum atomic E-state index is -0.606. The molecular formula is C15H28N4O3. The Bertz CT molecular complexity index is 412. The Hall–Kier alpha value is -1.63. The van der Waals surface area contributed by atoms with E-state index in [0.717, 1.165) is 6.42 Å². The van der Waals surface area contributed by atoms with E-state index in [1.165, 1.54) is 0 Å². The molecule has 4 N–H and O–H groups in total. The third kappa shape index (κ3) is 5.29. The van der Waals surface area contributed by atoms with Gasteiger partial charge in [0.15, 0.2) is 0 Å². The van der Waals surface area contributed by atoms with E-state index in [-0.39, 0.29) is 24.3 Å². The highest BCUT2D eigenvalue weighted by molar-refractivity contribution is 5.91. The van der Waals surface area contributed by atoms with Crippen LogP contribution in [0.15, 0.2) is 0 Å². The molecule has 1 fully saturated rings. The smallest absolute Gasteiger partial charge is 0.242 e. The fraction of sp³-hybridized carbons (Fsp3) is 0.800. The molecule has 22 heavy (non-hydrogen) atoms. The SMILES string of the molecule is CCNC(=O)C1CCCN1C(=O)CNC(=O)C(N)CC(C)C. The van der Waals surface area contributed by atoms with Gasteiger partial charge in [-0.05, 0) is 32.1 Å². The van der Waals surface area contributed by atoms with E-state index in [9.17, 15) is 14.4 Å². The van der Waals surface area contributed by atoms with E-state index in [0.29, 0.717) is 31.8 Å². The molecule has 2 unspecified atom stereocenters. The van der Waals surface area contributed by atoms with E-state index in [4.69, 9.17) is 5.73 Å². The summed E-state index contributed by atoms with van der Waals surface area (Å²) in [7, 11) is 0. The lowest BCUT2D eigenvalue weighted by Crippen LogP contribution is -2.50. The van der Waals surface area contributed by atoms with Gasteiger partial charge in [0.25, 0.3) is 0 Å². The number of likely N-dealkylation sites (tertiary alicyclic amines) is 1. The maximum atomic E-state index is 12.2. The van der Waals surface area contributed by atoms with Crippen molar-refractivity contribution in [2.45, 2.75) is 52.1 Å². The number of nitrogens with one attached hydrogen (secondary N) is 2. The summed E-state index contributed by atoms with van der Waals surface area (Å²) >= 11 is 0. The van der Waals surface area contributed by atoms with Gasteiger partial charge in [0.05, 0.1) is 12.6 Å². The number of rotatable bonds is 7. The van der Waals surface area contributed by atoms with Crippen molar-refractivity contribution in [1.82, 2.24) is 15.5 Å². The van der Waals surface area contributed by atoms with Gasteiger partial charge in [-0.2, -0.15) is 0 Å². The van der Waals surface area contributed by atoms with Gasteiger partial charge in [-0.15, -0.1) is 0 Å². The lowest BCUT2D eigenvalue weighted by Gasteiger charge is -2.24. The first-order valence-electron chi connectivity index (χ1n) is 7.97. The van der Waals surface area contributed by atoms with Gasteiger partial charge >= 0.3 is 0 Å². The Labute approximate surface area is 132 Å². The van der Waals surface area contributed by atoms with Crippen LogP contribution in [0.2, 0.25) is 0 Å². The van der Waals surface area contributed by atoms with Crippen LogP contribution in [-0.4, -0.2) is 54.3 Å². The molecule has 126 valence electrons.